The summed E-state index contributed by atoms with van der Waals surface area (Å²) in [5.41, 5.74) is 2.26. The van der Waals surface area contributed by atoms with Crippen LogP contribution < -0.4 is 0 Å². The van der Waals surface area contributed by atoms with Crippen LogP contribution in [-0.2, 0) is 0 Å². The molecule has 0 radical (unpaired) electrons. The molecule has 3 heteroatoms. The van der Waals surface area contributed by atoms with Crippen LogP contribution in [0.25, 0.3) is 0 Å². The molecule has 0 aliphatic carbocycles. The standard InChI is InChI=1S/C16H26N2O/c1-13-5-4-6-15(11-13)16(19)7-8-18-10-9-17(3)12-14(18)2/h4-6,11,14,16,19H,7-10,12H2,1-3H3. The van der Waals surface area contributed by atoms with Gasteiger partial charge >= 0.3 is 0 Å². The SMILES string of the molecule is Cc1cccc(C(O)CCN2CCN(C)CC2C)c1. The highest BCUT2D eigenvalue weighted by atomic mass is 16.3. The van der Waals surface area contributed by atoms with Crippen molar-refractivity contribution in [2.75, 3.05) is 33.2 Å². The van der Waals surface area contributed by atoms with Gasteiger partial charge in [-0.25, -0.2) is 0 Å². The Bertz CT molecular complexity index is 407. The van der Waals surface area contributed by atoms with E-state index in [0.29, 0.717) is 6.04 Å². The molecule has 1 aromatic rings. The summed E-state index contributed by atoms with van der Waals surface area (Å²) < 4.78 is 0. The smallest absolute Gasteiger partial charge is 0.0802 e. The van der Waals surface area contributed by atoms with Gasteiger partial charge in [0.15, 0.2) is 0 Å². The lowest BCUT2D eigenvalue weighted by atomic mass is 10.0. The summed E-state index contributed by atoms with van der Waals surface area (Å²) >= 11 is 0. The normalized spacial score (nSPS) is 23.5. The Morgan fingerprint density at radius 1 is 1.37 bits per heavy atom. The van der Waals surface area contributed by atoms with Crippen LogP contribution in [-0.4, -0.2) is 54.2 Å². The molecule has 3 nitrogen and oxygen atoms in total. The first-order valence-corrected chi connectivity index (χ1v) is 7.23. The number of aliphatic hydroxyl groups excluding tert-OH is 1. The van der Waals surface area contributed by atoms with Crippen molar-refractivity contribution in [3.63, 3.8) is 0 Å². The van der Waals surface area contributed by atoms with Gasteiger partial charge in [-0.05, 0) is 32.9 Å². The van der Waals surface area contributed by atoms with E-state index in [9.17, 15) is 5.11 Å². The molecule has 1 fully saturated rings. The Hall–Kier alpha value is -0.900. The zero-order valence-electron chi connectivity index (χ0n) is 12.3. The first kappa shape index (κ1) is 14.5. The maximum absolute atomic E-state index is 10.3. The predicted octanol–water partition coefficient (Wildman–Crippen LogP) is 2.05. The fourth-order valence-electron chi connectivity index (χ4n) is 2.84. The van der Waals surface area contributed by atoms with Gasteiger partial charge in [0.25, 0.3) is 0 Å². The van der Waals surface area contributed by atoms with E-state index in [-0.39, 0.29) is 6.10 Å². The van der Waals surface area contributed by atoms with Gasteiger partial charge in [-0.3, -0.25) is 4.90 Å². The van der Waals surface area contributed by atoms with E-state index in [2.05, 4.69) is 42.8 Å². The number of hydrogen-bond acceptors (Lipinski definition) is 3. The molecule has 0 bridgehead atoms. The Balaban J connectivity index is 1.85. The average molecular weight is 262 g/mol. The number of nitrogens with zero attached hydrogens (tertiary/aromatic N) is 2. The summed E-state index contributed by atoms with van der Waals surface area (Å²) in [5.74, 6) is 0. The van der Waals surface area contributed by atoms with Crippen LogP contribution >= 0.6 is 0 Å². The Kier molecular flexibility index (Phi) is 4.97. The number of hydrogen-bond donors (Lipinski definition) is 1. The Labute approximate surface area is 116 Å². The van der Waals surface area contributed by atoms with Crippen molar-refractivity contribution >= 4 is 0 Å². The minimum absolute atomic E-state index is 0.341. The van der Waals surface area contributed by atoms with Gasteiger partial charge in [0.1, 0.15) is 0 Å². The second-order valence-electron chi connectivity index (χ2n) is 5.87. The van der Waals surface area contributed by atoms with Crippen molar-refractivity contribution in [2.45, 2.75) is 32.4 Å². The minimum Gasteiger partial charge on any atom is -0.388 e. The molecular weight excluding hydrogens is 236 g/mol. The third kappa shape index (κ3) is 4.03. The molecule has 106 valence electrons. The summed E-state index contributed by atoms with van der Waals surface area (Å²) in [6.45, 7) is 8.68. The van der Waals surface area contributed by atoms with Crippen LogP contribution in [0.4, 0.5) is 0 Å². The maximum Gasteiger partial charge on any atom is 0.0802 e. The van der Waals surface area contributed by atoms with Gasteiger partial charge in [0, 0.05) is 32.2 Å². The second-order valence-corrected chi connectivity index (χ2v) is 5.87. The van der Waals surface area contributed by atoms with Crippen LogP contribution in [0, 0.1) is 6.92 Å². The number of rotatable bonds is 4. The largest absolute Gasteiger partial charge is 0.388 e. The van der Waals surface area contributed by atoms with Crippen molar-refractivity contribution in [1.82, 2.24) is 9.80 Å². The molecule has 1 N–H and O–H groups in total. The van der Waals surface area contributed by atoms with Crippen molar-refractivity contribution in [2.24, 2.45) is 0 Å². The molecular formula is C16H26N2O. The summed E-state index contributed by atoms with van der Waals surface area (Å²) in [6.07, 6.45) is 0.476. The number of aliphatic hydroxyl groups is 1. The molecule has 0 spiro atoms. The van der Waals surface area contributed by atoms with E-state index < -0.39 is 0 Å². The summed E-state index contributed by atoms with van der Waals surface area (Å²) in [7, 11) is 2.18. The molecule has 1 heterocycles. The zero-order chi connectivity index (χ0) is 13.8. The zero-order valence-corrected chi connectivity index (χ0v) is 12.3. The van der Waals surface area contributed by atoms with Crippen molar-refractivity contribution in [3.05, 3.63) is 35.4 Å². The summed E-state index contributed by atoms with van der Waals surface area (Å²) in [6, 6.07) is 8.78. The van der Waals surface area contributed by atoms with Crippen LogP contribution in [0.2, 0.25) is 0 Å². The van der Waals surface area contributed by atoms with Gasteiger partial charge in [-0.15, -0.1) is 0 Å². The topological polar surface area (TPSA) is 26.7 Å². The van der Waals surface area contributed by atoms with E-state index in [1.807, 2.05) is 12.1 Å². The van der Waals surface area contributed by atoms with Gasteiger partial charge in [-0.1, -0.05) is 29.8 Å². The summed E-state index contributed by atoms with van der Waals surface area (Å²) in [5, 5.41) is 10.3. The fraction of sp³-hybridized carbons (Fsp3) is 0.625. The predicted molar refractivity (Wildman–Crippen MR) is 79.3 cm³/mol. The van der Waals surface area contributed by atoms with Gasteiger partial charge < -0.3 is 10.0 Å². The number of piperazine rings is 1. The van der Waals surface area contributed by atoms with Crippen LogP contribution in [0.5, 0.6) is 0 Å². The highest BCUT2D eigenvalue weighted by molar-refractivity contribution is 5.23. The van der Waals surface area contributed by atoms with E-state index in [1.165, 1.54) is 5.56 Å². The number of aryl methyl sites for hydroxylation is 1. The molecule has 2 unspecified atom stereocenters. The van der Waals surface area contributed by atoms with Gasteiger partial charge in [0.2, 0.25) is 0 Å². The molecule has 2 rings (SSSR count). The Morgan fingerprint density at radius 3 is 2.84 bits per heavy atom. The van der Waals surface area contributed by atoms with Gasteiger partial charge in [-0.2, -0.15) is 0 Å². The molecule has 0 amide bonds. The molecule has 0 saturated carbocycles. The van der Waals surface area contributed by atoms with Crippen molar-refractivity contribution in [3.8, 4) is 0 Å². The fourth-order valence-corrected chi connectivity index (χ4v) is 2.84. The maximum atomic E-state index is 10.3. The van der Waals surface area contributed by atoms with Crippen LogP contribution in [0.1, 0.15) is 30.6 Å². The van der Waals surface area contributed by atoms with E-state index >= 15 is 0 Å². The van der Waals surface area contributed by atoms with Gasteiger partial charge in [0.05, 0.1) is 6.10 Å². The first-order chi connectivity index (χ1) is 9.06. The molecule has 2 atom stereocenters. The average Bonchev–Trinajstić information content (AvgIpc) is 2.37. The van der Waals surface area contributed by atoms with E-state index in [4.69, 9.17) is 0 Å². The van der Waals surface area contributed by atoms with E-state index in [1.54, 1.807) is 0 Å². The van der Waals surface area contributed by atoms with Crippen LogP contribution in [0.15, 0.2) is 24.3 Å². The minimum atomic E-state index is -0.341. The molecule has 1 aliphatic heterocycles. The number of benzene rings is 1. The third-order valence-electron chi connectivity index (χ3n) is 4.08. The summed E-state index contributed by atoms with van der Waals surface area (Å²) in [4.78, 5) is 4.86. The molecule has 19 heavy (non-hydrogen) atoms. The highest BCUT2D eigenvalue weighted by Crippen LogP contribution is 2.19. The monoisotopic (exact) mass is 262 g/mol. The van der Waals surface area contributed by atoms with E-state index in [0.717, 1.165) is 38.2 Å². The van der Waals surface area contributed by atoms with Crippen molar-refractivity contribution < 1.29 is 5.11 Å². The first-order valence-electron chi connectivity index (χ1n) is 7.23. The molecule has 1 aromatic carbocycles. The Morgan fingerprint density at radius 2 is 2.16 bits per heavy atom. The lowest BCUT2D eigenvalue weighted by Crippen LogP contribution is -2.50. The lowest BCUT2D eigenvalue weighted by molar-refractivity contribution is 0.0770. The molecule has 1 aliphatic rings. The van der Waals surface area contributed by atoms with Crippen molar-refractivity contribution in [1.29, 1.82) is 0 Å². The van der Waals surface area contributed by atoms with Crippen LogP contribution in [0.3, 0.4) is 0 Å². The lowest BCUT2D eigenvalue weighted by Gasteiger charge is -2.38. The molecule has 1 saturated heterocycles. The third-order valence-corrected chi connectivity index (χ3v) is 4.08. The highest BCUT2D eigenvalue weighted by Gasteiger charge is 2.21. The number of likely N-dealkylation sites (N-methyl/N-ethyl adjacent to an activating group) is 1. The second kappa shape index (κ2) is 6.51. The molecule has 0 aromatic heterocycles. The quantitative estimate of drug-likeness (QED) is 0.899.